The predicted molar refractivity (Wildman–Crippen MR) is 106 cm³/mol. The van der Waals surface area contributed by atoms with Crippen molar-refractivity contribution >= 4 is 17.3 Å². The van der Waals surface area contributed by atoms with Crippen molar-refractivity contribution < 1.29 is 4.39 Å². The number of fused-ring (bicyclic) bond motifs is 1. The van der Waals surface area contributed by atoms with Gasteiger partial charge in [0.2, 0.25) is 0 Å². The largest absolute Gasteiger partial charge is 0.382 e. The van der Waals surface area contributed by atoms with Crippen molar-refractivity contribution in [2.45, 2.75) is 19.4 Å². The van der Waals surface area contributed by atoms with Crippen LogP contribution in [0.1, 0.15) is 30.5 Å². The Hall–Kier alpha value is -4.06. The lowest BCUT2D eigenvalue weighted by Crippen LogP contribution is -2.15. The van der Waals surface area contributed by atoms with E-state index in [9.17, 15) is 9.65 Å². The van der Waals surface area contributed by atoms with Crippen molar-refractivity contribution in [1.82, 2.24) is 24.6 Å². The van der Waals surface area contributed by atoms with E-state index in [4.69, 9.17) is 5.73 Å². The molecule has 1 atom stereocenters. The molecule has 0 bridgehead atoms. The molecule has 0 aliphatic carbocycles. The molecule has 0 aliphatic rings. The quantitative estimate of drug-likeness (QED) is 0.538. The minimum Gasteiger partial charge on any atom is -0.382 e. The molecule has 0 fully saturated rings. The van der Waals surface area contributed by atoms with Gasteiger partial charge >= 0.3 is 0 Å². The Balaban J connectivity index is 1.86. The maximum absolute atomic E-state index is 13.9. The molecule has 0 unspecified atom stereocenters. The number of nitrogen functional groups attached to an aromatic ring is 1. The van der Waals surface area contributed by atoms with E-state index in [2.05, 4.69) is 25.4 Å². The number of halogens is 1. The Morgan fingerprint density at radius 2 is 2.14 bits per heavy atom. The minimum absolute atomic E-state index is 0.104. The van der Waals surface area contributed by atoms with Crippen molar-refractivity contribution in [3.63, 3.8) is 0 Å². The molecule has 0 aliphatic heterocycles. The summed E-state index contributed by atoms with van der Waals surface area (Å²) in [5.74, 6) is 0.0876. The highest BCUT2D eigenvalue weighted by molar-refractivity contribution is 5.68. The van der Waals surface area contributed by atoms with Gasteiger partial charge in [-0.2, -0.15) is 10.4 Å². The van der Waals surface area contributed by atoms with Crippen LogP contribution in [0.15, 0.2) is 49.1 Å². The van der Waals surface area contributed by atoms with Gasteiger partial charge < -0.3 is 11.1 Å². The van der Waals surface area contributed by atoms with E-state index in [1.807, 2.05) is 19.1 Å². The average Bonchev–Trinajstić information content (AvgIpc) is 3.19. The molecule has 144 valence electrons. The maximum atomic E-state index is 13.9. The number of hydrogen-bond donors (Lipinski definition) is 2. The van der Waals surface area contributed by atoms with Gasteiger partial charge in [0.15, 0.2) is 5.65 Å². The standard InChI is InChI=1S/C20H17FN8/c1-2-16(27-20-15(10-22)19(23)25-11-26-20)14-9-17-24-6-7-29(17)28-18(14)12-4-3-5-13(21)8-12/h3-9,11,16H,2H2,1H3,(H3,23,25,26,27)/t16-/m1/s1. The number of nitriles is 1. The van der Waals surface area contributed by atoms with Crippen molar-refractivity contribution in [3.8, 4) is 17.3 Å². The van der Waals surface area contributed by atoms with Crippen LogP contribution in [-0.2, 0) is 0 Å². The smallest absolute Gasteiger partial charge is 0.153 e. The fraction of sp³-hybridized carbons (Fsp3) is 0.150. The minimum atomic E-state index is -0.350. The number of nitrogens with two attached hydrogens (primary N) is 1. The molecule has 8 nitrogen and oxygen atoms in total. The Kier molecular flexibility index (Phi) is 4.75. The molecule has 0 radical (unpaired) electrons. The van der Waals surface area contributed by atoms with Gasteiger partial charge in [-0.3, -0.25) is 0 Å². The highest BCUT2D eigenvalue weighted by Crippen LogP contribution is 2.32. The number of hydrogen-bond acceptors (Lipinski definition) is 7. The van der Waals surface area contributed by atoms with Crippen LogP contribution in [-0.4, -0.2) is 24.6 Å². The highest BCUT2D eigenvalue weighted by Gasteiger charge is 2.21. The third-order valence-electron chi connectivity index (χ3n) is 4.60. The lowest BCUT2D eigenvalue weighted by atomic mass is 9.98. The Morgan fingerprint density at radius 3 is 2.90 bits per heavy atom. The molecule has 0 amide bonds. The van der Waals surface area contributed by atoms with Crippen LogP contribution >= 0.6 is 0 Å². The Labute approximate surface area is 165 Å². The summed E-state index contributed by atoms with van der Waals surface area (Å²) >= 11 is 0. The van der Waals surface area contributed by atoms with Gasteiger partial charge in [-0.05, 0) is 24.6 Å². The second-order valence-corrected chi connectivity index (χ2v) is 6.39. The fourth-order valence-corrected chi connectivity index (χ4v) is 3.18. The first-order chi connectivity index (χ1) is 14.1. The molecule has 0 spiro atoms. The van der Waals surface area contributed by atoms with Crippen LogP contribution in [0.2, 0.25) is 0 Å². The van der Waals surface area contributed by atoms with Crippen LogP contribution < -0.4 is 11.1 Å². The third-order valence-corrected chi connectivity index (χ3v) is 4.60. The zero-order chi connectivity index (χ0) is 20.4. The van der Waals surface area contributed by atoms with Gasteiger partial charge in [0.25, 0.3) is 0 Å². The molecule has 0 saturated carbocycles. The van der Waals surface area contributed by atoms with Gasteiger partial charge in [-0.15, -0.1) is 0 Å². The summed E-state index contributed by atoms with van der Waals surface area (Å²) in [6.45, 7) is 1.99. The third kappa shape index (κ3) is 3.43. The molecule has 1 aromatic carbocycles. The summed E-state index contributed by atoms with van der Waals surface area (Å²) in [4.78, 5) is 12.3. The van der Waals surface area contributed by atoms with Crippen LogP contribution in [0.4, 0.5) is 16.0 Å². The summed E-state index contributed by atoms with van der Waals surface area (Å²) < 4.78 is 15.5. The van der Waals surface area contributed by atoms with Gasteiger partial charge in [0, 0.05) is 23.5 Å². The second-order valence-electron chi connectivity index (χ2n) is 6.39. The van der Waals surface area contributed by atoms with Gasteiger partial charge in [-0.1, -0.05) is 19.1 Å². The molecule has 4 aromatic rings. The Bertz CT molecular complexity index is 1230. The average molecular weight is 388 g/mol. The summed E-state index contributed by atoms with van der Waals surface area (Å²) in [6.07, 6.45) is 5.33. The molecule has 29 heavy (non-hydrogen) atoms. The van der Waals surface area contributed by atoms with Crippen LogP contribution in [0, 0.1) is 17.1 Å². The van der Waals surface area contributed by atoms with Crippen molar-refractivity contribution in [1.29, 1.82) is 5.26 Å². The molecular formula is C20H17FN8. The lowest BCUT2D eigenvalue weighted by molar-refractivity contribution is 0.628. The van der Waals surface area contributed by atoms with E-state index in [0.29, 0.717) is 29.1 Å². The summed E-state index contributed by atoms with van der Waals surface area (Å²) in [7, 11) is 0. The number of nitrogens with one attached hydrogen (secondary N) is 1. The predicted octanol–water partition coefficient (Wildman–Crippen LogP) is 3.34. The fourth-order valence-electron chi connectivity index (χ4n) is 3.18. The van der Waals surface area contributed by atoms with Crippen molar-refractivity contribution in [2.24, 2.45) is 0 Å². The van der Waals surface area contributed by atoms with Crippen LogP contribution in [0.5, 0.6) is 0 Å². The lowest BCUT2D eigenvalue weighted by Gasteiger charge is -2.21. The summed E-state index contributed by atoms with van der Waals surface area (Å²) in [6, 6.07) is 9.91. The van der Waals surface area contributed by atoms with Gasteiger partial charge in [0.05, 0.1) is 11.7 Å². The van der Waals surface area contributed by atoms with Crippen molar-refractivity contribution in [3.05, 3.63) is 66.0 Å². The molecule has 3 heterocycles. The summed E-state index contributed by atoms with van der Waals surface area (Å²) in [5, 5.41) is 17.3. The van der Waals surface area contributed by atoms with E-state index in [1.54, 1.807) is 29.0 Å². The molecule has 4 rings (SSSR count). The van der Waals surface area contributed by atoms with E-state index in [1.165, 1.54) is 18.5 Å². The van der Waals surface area contributed by atoms with Gasteiger partial charge in [0.1, 0.15) is 35.4 Å². The molecule has 9 heteroatoms. The number of anilines is 2. The Morgan fingerprint density at radius 1 is 1.28 bits per heavy atom. The number of aromatic nitrogens is 5. The number of imidazole rings is 1. The SMILES string of the molecule is CC[C@@H](Nc1ncnc(N)c1C#N)c1cc2nccn2nc1-c1cccc(F)c1. The first-order valence-corrected chi connectivity index (χ1v) is 8.98. The first kappa shape index (κ1) is 18.3. The number of benzene rings is 1. The normalized spacial score (nSPS) is 11.9. The van der Waals surface area contributed by atoms with Crippen LogP contribution in [0.25, 0.3) is 16.9 Å². The second kappa shape index (κ2) is 7.52. The van der Waals surface area contributed by atoms with E-state index >= 15 is 0 Å². The zero-order valence-electron chi connectivity index (χ0n) is 15.5. The zero-order valence-corrected chi connectivity index (χ0v) is 15.5. The van der Waals surface area contributed by atoms with Crippen LogP contribution in [0.3, 0.4) is 0 Å². The summed E-state index contributed by atoms with van der Waals surface area (Å²) in [5.41, 5.74) is 8.68. The molecule has 0 saturated heterocycles. The van der Waals surface area contributed by atoms with E-state index < -0.39 is 0 Å². The monoisotopic (exact) mass is 388 g/mol. The highest BCUT2D eigenvalue weighted by atomic mass is 19.1. The maximum Gasteiger partial charge on any atom is 0.153 e. The number of rotatable bonds is 5. The number of nitrogens with zero attached hydrogens (tertiary/aromatic N) is 6. The molecule has 3 aromatic heterocycles. The van der Waals surface area contributed by atoms with Crippen molar-refractivity contribution in [2.75, 3.05) is 11.1 Å². The van der Waals surface area contributed by atoms with E-state index in [-0.39, 0.29) is 23.2 Å². The molecular weight excluding hydrogens is 371 g/mol. The van der Waals surface area contributed by atoms with Gasteiger partial charge in [-0.25, -0.2) is 23.9 Å². The van der Waals surface area contributed by atoms with E-state index in [0.717, 1.165) is 5.56 Å². The topological polar surface area (TPSA) is 118 Å². The first-order valence-electron chi connectivity index (χ1n) is 8.98. The molecule has 3 N–H and O–H groups in total.